The van der Waals surface area contributed by atoms with Gasteiger partial charge in [-0.2, -0.15) is 0 Å². The Morgan fingerprint density at radius 2 is 1.72 bits per heavy atom. The van der Waals surface area contributed by atoms with Gasteiger partial charge in [0.2, 0.25) is 0 Å². The molecule has 0 aromatic heterocycles. The number of hydrogen-bond donors (Lipinski definition) is 1. The second kappa shape index (κ2) is 5.53. The summed E-state index contributed by atoms with van der Waals surface area (Å²) in [6, 6.07) is 13.7. The highest BCUT2D eigenvalue weighted by atomic mass is 14.9. The zero-order chi connectivity index (χ0) is 13.1. The summed E-state index contributed by atoms with van der Waals surface area (Å²) >= 11 is 0. The molecule has 0 aliphatic rings. The van der Waals surface area contributed by atoms with Gasteiger partial charge in [-0.3, -0.25) is 0 Å². The van der Waals surface area contributed by atoms with Gasteiger partial charge in [0, 0.05) is 6.04 Å². The Morgan fingerprint density at radius 3 is 2.33 bits per heavy atom. The van der Waals surface area contributed by atoms with E-state index in [-0.39, 0.29) is 0 Å². The normalized spacial score (nSPS) is 14.7. The predicted molar refractivity (Wildman–Crippen MR) is 79.9 cm³/mol. The lowest BCUT2D eigenvalue weighted by Gasteiger charge is -2.25. The van der Waals surface area contributed by atoms with Crippen molar-refractivity contribution >= 4 is 10.8 Å². The minimum absolute atomic E-state index is 0.431. The third-order valence-electron chi connectivity index (χ3n) is 4.03. The SMILES string of the molecule is CCC(C)C(NC)c1ccc(C)c2ccccc12. The maximum atomic E-state index is 3.48. The third kappa shape index (κ3) is 2.28. The Labute approximate surface area is 110 Å². The molecule has 2 aromatic rings. The van der Waals surface area contributed by atoms with Gasteiger partial charge in [0.25, 0.3) is 0 Å². The standard InChI is InChI=1S/C17H23N/c1-5-12(2)17(18-4)16-11-10-13(3)14-8-6-7-9-15(14)16/h6-12,17-18H,5H2,1-4H3. The second-order valence-corrected chi connectivity index (χ2v) is 5.17. The average Bonchev–Trinajstić information content (AvgIpc) is 2.42. The van der Waals surface area contributed by atoms with Gasteiger partial charge in [0.1, 0.15) is 0 Å². The molecule has 1 nitrogen and oxygen atoms in total. The highest BCUT2D eigenvalue weighted by Gasteiger charge is 2.18. The zero-order valence-corrected chi connectivity index (χ0v) is 11.8. The molecule has 0 saturated carbocycles. The Morgan fingerprint density at radius 1 is 1.06 bits per heavy atom. The van der Waals surface area contributed by atoms with Crippen LogP contribution in [0.15, 0.2) is 36.4 Å². The Bertz CT molecular complexity index is 530. The highest BCUT2D eigenvalue weighted by Crippen LogP contribution is 2.31. The molecule has 0 saturated heterocycles. The van der Waals surface area contributed by atoms with Gasteiger partial charge < -0.3 is 5.32 Å². The molecule has 2 aromatic carbocycles. The lowest BCUT2D eigenvalue weighted by atomic mass is 9.88. The zero-order valence-electron chi connectivity index (χ0n) is 11.8. The molecule has 2 atom stereocenters. The Hall–Kier alpha value is -1.34. The third-order valence-corrected chi connectivity index (χ3v) is 4.03. The summed E-state index contributed by atoms with van der Waals surface area (Å²) < 4.78 is 0. The van der Waals surface area contributed by atoms with Gasteiger partial charge in [0.05, 0.1) is 0 Å². The molecule has 2 rings (SSSR count). The van der Waals surface area contributed by atoms with Crippen molar-refractivity contribution in [2.45, 2.75) is 33.2 Å². The van der Waals surface area contributed by atoms with E-state index in [0.717, 1.165) is 0 Å². The molecular formula is C17H23N. The van der Waals surface area contributed by atoms with E-state index >= 15 is 0 Å². The monoisotopic (exact) mass is 241 g/mol. The fraction of sp³-hybridized carbons (Fsp3) is 0.412. The smallest absolute Gasteiger partial charge is 0.0349 e. The summed E-state index contributed by atoms with van der Waals surface area (Å²) in [5, 5.41) is 6.24. The van der Waals surface area contributed by atoms with Gasteiger partial charge in [-0.05, 0) is 41.8 Å². The van der Waals surface area contributed by atoms with Crippen LogP contribution >= 0.6 is 0 Å². The number of rotatable bonds is 4. The molecule has 0 amide bonds. The molecule has 0 aliphatic carbocycles. The number of benzene rings is 2. The minimum atomic E-state index is 0.431. The van der Waals surface area contributed by atoms with Crippen molar-refractivity contribution in [3.8, 4) is 0 Å². The number of aryl methyl sites for hydroxylation is 1. The van der Waals surface area contributed by atoms with E-state index in [1.54, 1.807) is 0 Å². The van der Waals surface area contributed by atoms with Crippen LogP contribution < -0.4 is 5.32 Å². The van der Waals surface area contributed by atoms with E-state index < -0.39 is 0 Å². The van der Waals surface area contributed by atoms with Gasteiger partial charge in [-0.25, -0.2) is 0 Å². The topological polar surface area (TPSA) is 12.0 Å². The van der Waals surface area contributed by atoms with Crippen molar-refractivity contribution in [3.63, 3.8) is 0 Å². The van der Waals surface area contributed by atoms with Crippen molar-refractivity contribution in [3.05, 3.63) is 47.5 Å². The molecule has 0 aliphatic heterocycles. The van der Waals surface area contributed by atoms with Crippen LogP contribution in [0.4, 0.5) is 0 Å². The van der Waals surface area contributed by atoms with Crippen LogP contribution in [-0.2, 0) is 0 Å². The molecule has 0 radical (unpaired) electrons. The van der Waals surface area contributed by atoms with Crippen LogP contribution in [0.3, 0.4) is 0 Å². The van der Waals surface area contributed by atoms with Crippen LogP contribution in [0.25, 0.3) is 10.8 Å². The maximum Gasteiger partial charge on any atom is 0.0349 e. The summed E-state index contributed by atoms with van der Waals surface area (Å²) in [6.07, 6.45) is 1.19. The second-order valence-electron chi connectivity index (χ2n) is 5.17. The molecular weight excluding hydrogens is 218 g/mol. The fourth-order valence-corrected chi connectivity index (χ4v) is 2.73. The van der Waals surface area contributed by atoms with Gasteiger partial charge >= 0.3 is 0 Å². The molecule has 0 spiro atoms. The number of nitrogens with one attached hydrogen (secondary N) is 1. The van der Waals surface area contributed by atoms with E-state index in [9.17, 15) is 0 Å². The summed E-state index contributed by atoms with van der Waals surface area (Å²) in [5.74, 6) is 0.640. The quantitative estimate of drug-likeness (QED) is 0.833. The first-order valence-corrected chi connectivity index (χ1v) is 6.84. The van der Waals surface area contributed by atoms with Crippen molar-refractivity contribution in [2.24, 2.45) is 5.92 Å². The van der Waals surface area contributed by atoms with Crippen molar-refractivity contribution < 1.29 is 0 Å². The highest BCUT2D eigenvalue weighted by molar-refractivity contribution is 5.88. The molecule has 1 N–H and O–H groups in total. The van der Waals surface area contributed by atoms with Crippen molar-refractivity contribution in [2.75, 3.05) is 7.05 Å². The summed E-state index contributed by atoms with van der Waals surface area (Å²) in [4.78, 5) is 0. The van der Waals surface area contributed by atoms with E-state index in [1.165, 1.54) is 28.3 Å². The molecule has 0 bridgehead atoms. The lowest BCUT2D eigenvalue weighted by Crippen LogP contribution is -2.23. The van der Waals surface area contributed by atoms with Crippen molar-refractivity contribution in [1.82, 2.24) is 5.32 Å². The number of fused-ring (bicyclic) bond motifs is 1. The van der Waals surface area contributed by atoms with Crippen LogP contribution in [-0.4, -0.2) is 7.05 Å². The minimum Gasteiger partial charge on any atom is -0.313 e. The molecule has 2 unspecified atom stereocenters. The average molecular weight is 241 g/mol. The molecule has 18 heavy (non-hydrogen) atoms. The fourth-order valence-electron chi connectivity index (χ4n) is 2.73. The van der Waals surface area contributed by atoms with Crippen LogP contribution in [0.5, 0.6) is 0 Å². The maximum absolute atomic E-state index is 3.48. The first-order chi connectivity index (χ1) is 8.69. The lowest BCUT2D eigenvalue weighted by molar-refractivity contribution is 0.402. The molecule has 0 heterocycles. The first kappa shape index (κ1) is 13.1. The largest absolute Gasteiger partial charge is 0.313 e. The Balaban J connectivity index is 2.60. The number of hydrogen-bond acceptors (Lipinski definition) is 1. The molecule has 1 heteroatoms. The van der Waals surface area contributed by atoms with Crippen LogP contribution in [0.1, 0.15) is 37.4 Å². The predicted octanol–water partition coefficient (Wildman–Crippen LogP) is 4.45. The van der Waals surface area contributed by atoms with Gasteiger partial charge in [-0.1, -0.05) is 56.7 Å². The first-order valence-electron chi connectivity index (χ1n) is 6.84. The summed E-state index contributed by atoms with van der Waals surface area (Å²) in [7, 11) is 2.06. The summed E-state index contributed by atoms with van der Waals surface area (Å²) in [5.41, 5.74) is 2.78. The van der Waals surface area contributed by atoms with Crippen LogP contribution in [0, 0.1) is 12.8 Å². The van der Waals surface area contributed by atoms with E-state index in [0.29, 0.717) is 12.0 Å². The van der Waals surface area contributed by atoms with E-state index in [4.69, 9.17) is 0 Å². The Kier molecular flexibility index (Phi) is 4.03. The van der Waals surface area contributed by atoms with Gasteiger partial charge in [-0.15, -0.1) is 0 Å². The van der Waals surface area contributed by atoms with E-state index in [1.807, 2.05) is 0 Å². The van der Waals surface area contributed by atoms with Crippen LogP contribution in [0.2, 0.25) is 0 Å². The van der Waals surface area contributed by atoms with Crippen molar-refractivity contribution in [1.29, 1.82) is 0 Å². The van der Waals surface area contributed by atoms with E-state index in [2.05, 4.69) is 69.5 Å². The molecule has 96 valence electrons. The molecule has 0 fully saturated rings. The summed E-state index contributed by atoms with van der Waals surface area (Å²) in [6.45, 7) is 6.75. The van der Waals surface area contributed by atoms with Gasteiger partial charge in [0.15, 0.2) is 0 Å².